The topological polar surface area (TPSA) is 180 Å². The monoisotopic (exact) mass is 602 g/mol. The van der Waals surface area contributed by atoms with Crippen LogP contribution in [-0.2, 0) is 23.8 Å². The third kappa shape index (κ3) is 4.59. The van der Waals surface area contributed by atoms with Gasteiger partial charge >= 0.3 is 11.9 Å². The van der Waals surface area contributed by atoms with Crippen molar-refractivity contribution in [2.24, 2.45) is 16.7 Å². The third-order valence-corrected chi connectivity index (χ3v) is 10.9. The molecule has 3 fully saturated rings. The number of ether oxygens (including phenoxy) is 3. The lowest BCUT2D eigenvalue weighted by molar-refractivity contribution is -0.325. The molecule has 0 aromatic heterocycles. The summed E-state index contributed by atoms with van der Waals surface area (Å²) in [6, 6.07) is 8.03. The van der Waals surface area contributed by atoms with Crippen LogP contribution in [0, 0.1) is 16.7 Å². The number of fused-ring (bicyclic) bond motifs is 5. The molecule has 1 aromatic carbocycles. The summed E-state index contributed by atoms with van der Waals surface area (Å²) in [5.41, 5.74) is -5.94. The van der Waals surface area contributed by atoms with Crippen molar-refractivity contribution in [1.29, 1.82) is 0 Å². The van der Waals surface area contributed by atoms with E-state index < -0.39 is 82.3 Å². The highest BCUT2D eigenvalue weighted by Crippen LogP contribution is 2.60. The maximum Gasteiger partial charge on any atom is 0.338 e. The molecule has 1 saturated heterocycles. The summed E-state index contributed by atoms with van der Waals surface area (Å²) in [6.07, 6.45) is -9.26. The first kappa shape index (κ1) is 31.7. The van der Waals surface area contributed by atoms with Gasteiger partial charge in [-0.15, -0.1) is 0 Å². The van der Waals surface area contributed by atoms with Crippen LogP contribution >= 0.6 is 0 Å². The highest BCUT2D eigenvalue weighted by Gasteiger charge is 2.72. The number of ketones is 1. The van der Waals surface area contributed by atoms with Crippen LogP contribution in [0.4, 0.5) is 0 Å². The van der Waals surface area contributed by atoms with Crippen molar-refractivity contribution in [2.75, 3.05) is 6.61 Å². The summed E-state index contributed by atoms with van der Waals surface area (Å²) in [7, 11) is 0. The molecule has 2 bridgehead atoms. The molecule has 4 aliphatic rings. The van der Waals surface area contributed by atoms with E-state index in [1.165, 1.54) is 26.0 Å². The zero-order valence-corrected chi connectivity index (χ0v) is 25.1. The quantitative estimate of drug-likeness (QED) is 0.248. The van der Waals surface area contributed by atoms with Crippen LogP contribution in [0.3, 0.4) is 0 Å². The number of esters is 2. The molecular formula is C32H42O11. The molecule has 2 unspecified atom stereocenters. The summed E-state index contributed by atoms with van der Waals surface area (Å²) >= 11 is 0. The fourth-order valence-electron chi connectivity index (χ4n) is 8.22. The lowest BCUT2D eigenvalue weighted by Gasteiger charge is -2.63. The van der Waals surface area contributed by atoms with Crippen LogP contribution in [-0.4, -0.2) is 97.7 Å². The first-order chi connectivity index (χ1) is 20.0. The Morgan fingerprint density at radius 3 is 2.23 bits per heavy atom. The van der Waals surface area contributed by atoms with Crippen molar-refractivity contribution in [3.8, 4) is 0 Å². The summed E-state index contributed by atoms with van der Waals surface area (Å²) in [6.45, 7) is 7.47. The molecule has 5 rings (SSSR count). The van der Waals surface area contributed by atoms with Crippen molar-refractivity contribution < 1.29 is 54.1 Å². The molecule has 2 saturated carbocycles. The number of carbonyl (C=O) groups excluding carboxylic acids is 3. The molecule has 236 valence electrons. The Morgan fingerprint density at radius 2 is 1.65 bits per heavy atom. The van der Waals surface area contributed by atoms with Gasteiger partial charge in [-0.05, 0) is 44.4 Å². The summed E-state index contributed by atoms with van der Waals surface area (Å²) in [5, 5.41) is 58.2. The number of aliphatic hydroxyl groups is 5. The molecular weight excluding hydrogens is 560 g/mol. The first-order valence-electron chi connectivity index (χ1n) is 14.8. The van der Waals surface area contributed by atoms with E-state index in [2.05, 4.69) is 0 Å². The molecule has 43 heavy (non-hydrogen) atoms. The highest BCUT2D eigenvalue weighted by atomic mass is 16.6. The van der Waals surface area contributed by atoms with Crippen LogP contribution in [0.1, 0.15) is 70.7 Å². The molecule has 1 aliphatic heterocycles. The van der Waals surface area contributed by atoms with E-state index in [-0.39, 0.29) is 37.9 Å². The van der Waals surface area contributed by atoms with Crippen molar-refractivity contribution in [3.05, 3.63) is 47.0 Å². The van der Waals surface area contributed by atoms with E-state index in [1.807, 2.05) is 0 Å². The van der Waals surface area contributed by atoms with Gasteiger partial charge in [0, 0.05) is 31.1 Å². The van der Waals surface area contributed by atoms with Gasteiger partial charge < -0.3 is 39.7 Å². The second kappa shape index (κ2) is 10.7. The SMILES string of the molecule is CC(=O)O[C@@]12CO[C@@H]1C[C@H](O)[C@@]1(C)C(=O)C[C@H](O)CC3=C(C)[C@@H](O)[C@H](O)[C@@](O)(C(OC(=O)c4ccccc4)CC12)C3(C)C. The Balaban J connectivity index is 1.76. The van der Waals surface area contributed by atoms with Gasteiger partial charge in [0.2, 0.25) is 0 Å². The van der Waals surface area contributed by atoms with Crippen LogP contribution in [0.15, 0.2) is 41.5 Å². The largest absolute Gasteiger partial charge is 0.456 e. The van der Waals surface area contributed by atoms with Gasteiger partial charge in [0.05, 0.1) is 29.8 Å². The average molecular weight is 603 g/mol. The highest BCUT2D eigenvalue weighted by molar-refractivity contribution is 5.89. The Kier molecular flexibility index (Phi) is 7.93. The molecule has 5 N–H and O–H groups in total. The van der Waals surface area contributed by atoms with Crippen LogP contribution in [0.5, 0.6) is 0 Å². The van der Waals surface area contributed by atoms with Crippen LogP contribution in [0.25, 0.3) is 0 Å². The third-order valence-electron chi connectivity index (χ3n) is 10.9. The fraction of sp³-hybridized carbons (Fsp3) is 0.656. The number of benzene rings is 1. The van der Waals surface area contributed by atoms with E-state index in [4.69, 9.17) is 14.2 Å². The molecule has 1 aromatic rings. The minimum absolute atomic E-state index is 0.0298. The van der Waals surface area contributed by atoms with Crippen molar-refractivity contribution in [1.82, 2.24) is 0 Å². The standard InChI is InChI=1S/C32H42O11/c1-16-20-11-19(34)12-22(35)30(5)21(31(43-17(2)33)15-41-24(31)14-23(30)36)13-25(42-28(39)18-9-7-6-8-10-18)32(40,29(20,3)4)27(38)26(16)37/h6-10,19,21,23-27,34,36-38,40H,11-15H2,1-5H3/t19-,21?,23+,24-,25?,26-,27+,30-,31-,32+/m1/s1. The van der Waals surface area contributed by atoms with Crippen LogP contribution < -0.4 is 0 Å². The Morgan fingerprint density at radius 1 is 1.00 bits per heavy atom. The van der Waals surface area contributed by atoms with Gasteiger partial charge in [-0.3, -0.25) is 9.59 Å². The van der Waals surface area contributed by atoms with Gasteiger partial charge in [0.1, 0.15) is 35.8 Å². The van der Waals surface area contributed by atoms with E-state index >= 15 is 0 Å². The molecule has 0 spiro atoms. The molecule has 0 amide bonds. The predicted molar refractivity (Wildman–Crippen MR) is 150 cm³/mol. The summed E-state index contributed by atoms with van der Waals surface area (Å²) in [4.78, 5) is 40.2. The molecule has 3 aliphatic carbocycles. The van der Waals surface area contributed by atoms with E-state index in [1.54, 1.807) is 39.0 Å². The van der Waals surface area contributed by atoms with Gasteiger partial charge in [0.25, 0.3) is 0 Å². The number of Topliss-reactive ketones (excluding diaryl/α,β-unsaturated/α-hetero) is 1. The van der Waals surface area contributed by atoms with Gasteiger partial charge in [-0.25, -0.2) is 4.79 Å². The Labute approximate surface area is 250 Å². The fourth-order valence-corrected chi connectivity index (χ4v) is 8.22. The molecule has 11 nitrogen and oxygen atoms in total. The van der Waals surface area contributed by atoms with Gasteiger partial charge in [-0.1, -0.05) is 37.6 Å². The zero-order chi connectivity index (χ0) is 31.7. The molecule has 1 heterocycles. The zero-order valence-electron chi connectivity index (χ0n) is 25.1. The minimum atomic E-state index is -2.36. The number of aliphatic hydroxyl groups excluding tert-OH is 4. The number of carbonyl (C=O) groups is 3. The lowest BCUT2D eigenvalue weighted by atomic mass is 9.51. The second-order valence-corrected chi connectivity index (χ2v) is 13.4. The van der Waals surface area contributed by atoms with Gasteiger partial charge in [0.15, 0.2) is 5.60 Å². The minimum Gasteiger partial charge on any atom is -0.456 e. The number of hydrogen-bond donors (Lipinski definition) is 5. The van der Waals surface area contributed by atoms with Gasteiger partial charge in [-0.2, -0.15) is 0 Å². The van der Waals surface area contributed by atoms with Crippen molar-refractivity contribution in [2.45, 2.75) is 108 Å². The molecule has 11 heteroatoms. The lowest BCUT2D eigenvalue weighted by Crippen LogP contribution is -2.76. The van der Waals surface area contributed by atoms with E-state index in [0.717, 1.165) is 0 Å². The number of hydrogen-bond acceptors (Lipinski definition) is 11. The maximum absolute atomic E-state index is 14.1. The Bertz CT molecular complexity index is 1320. The summed E-state index contributed by atoms with van der Waals surface area (Å²) < 4.78 is 17.7. The van der Waals surface area contributed by atoms with E-state index in [9.17, 15) is 39.9 Å². The van der Waals surface area contributed by atoms with Crippen LogP contribution in [0.2, 0.25) is 0 Å². The first-order valence-corrected chi connectivity index (χ1v) is 14.8. The predicted octanol–water partition coefficient (Wildman–Crippen LogP) is 1.22. The number of rotatable bonds is 3. The smallest absolute Gasteiger partial charge is 0.338 e. The molecule has 10 atom stereocenters. The average Bonchev–Trinajstić information content (AvgIpc) is 2.95. The molecule has 0 radical (unpaired) electrons. The Hall–Kier alpha value is -2.67. The van der Waals surface area contributed by atoms with Crippen molar-refractivity contribution >= 4 is 17.7 Å². The summed E-state index contributed by atoms with van der Waals surface area (Å²) in [5.74, 6) is -3.06. The normalized spacial score (nSPS) is 42.5. The van der Waals surface area contributed by atoms with E-state index in [0.29, 0.717) is 11.1 Å². The second-order valence-electron chi connectivity index (χ2n) is 13.4. The maximum atomic E-state index is 14.1. The van der Waals surface area contributed by atoms with Crippen molar-refractivity contribution in [3.63, 3.8) is 0 Å².